The van der Waals surface area contributed by atoms with Crippen molar-refractivity contribution >= 4 is 11.5 Å². The number of carbonyl (C=O) groups excluding carboxylic acids is 1. The van der Waals surface area contributed by atoms with Crippen LogP contribution in [0.1, 0.15) is 10.4 Å². The van der Waals surface area contributed by atoms with Crippen molar-refractivity contribution in [3.63, 3.8) is 0 Å². The largest absolute Gasteiger partial charge is 0.497 e. The van der Waals surface area contributed by atoms with Crippen molar-refractivity contribution in [2.75, 3.05) is 14.2 Å². The minimum Gasteiger partial charge on any atom is -0.497 e. The first-order chi connectivity index (χ1) is 13.5. The number of Topliss-reactive ketones (excluding diaryl/α,β-unsaturated/α-hetero) is 1. The van der Waals surface area contributed by atoms with E-state index in [1.165, 1.54) is 24.3 Å². The van der Waals surface area contributed by atoms with Crippen LogP contribution in [0.25, 0.3) is 11.3 Å². The van der Waals surface area contributed by atoms with Gasteiger partial charge in [0, 0.05) is 29.8 Å². The minimum absolute atomic E-state index is 0.0522. The maximum atomic E-state index is 12.4. The van der Waals surface area contributed by atoms with Crippen molar-refractivity contribution in [2.24, 2.45) is 0 Å². The van der Waals surface area contributed by atoms with Gasteiger partial charge in [-0.3, -0.25) is 14.9 Å². The Hall–Kier alpha value is -3.81. The highest BCUT2D eigenvalue weighted by molar-refractivity contribution is 5.95. The van der Waals surface area contributed by atoms with E-state index >= 15 is 0 Å². The van der Waals surface area contributed by atoms with Gasteiger partial charge in [0.25, 0.3) is 12.0 Å². The summed E-state index contributed by atoms with van der Waals surface area (Å²) in [5.41, 5.74) is 1.85. The molecule has 0 saturated carbocycles. The van der Waals surface area contributed by atoms with Gasteiger partial charge in [0.05, 0.1) is 30.9 Å². The van der Waals surface area contributed by atoms with Gasteiger partial charge in [0.1, 0.15) is 11.5 Å². The molecule has 0 aliphatic heterocycles. The molecule has 0 atom stereocenters. The summed E-state index contributed by atoms with van der Waals surface area (Å²) >= 11 is 0. The zero-order valence-electron chi connectivity index (χ0n) is 15.4. The zero-order valence-corrected chi connectivity index (χ0v) is 15.4. The van der Waals surface area contributed by atoms with Crippen LogP contribution in [0.15, 0.2) is 61.1 Å². The van der Waals surface area contributed by atoms with Crippen LogP contribution in [0.2, 0.25) is 0 Å². The first-order valence-corrected chi connectivity index (χ1v) is 8.37. The molecule has 0 aliphatic rings. The van der Waals surface area contributed by atoms with Crippen LogP contribution < -0.4 is 14.0 Å². The molecule has 142 valence electrons. The van der Waals surface area contributed by atoms with E-state index in [1.54, 1.807) is 43.4 Å². The van der Waals surface area contributed by atoms with Crippen molar-refractivity contribution in [3.8, 4) is 22.8 Å². The fourth-order valence-electron chi connectivity index (χ4n) is 2.67. The van der Waals surface area contributed by atoms with Gasteiger partial charge >= 0.3 is 0 Å². The summed E-state index contributed by atoms with van der Waals surface area (Å²) in [6.07, 6.45) is 3.30. The Morgan fingerprint density at radius 2 is 1.86 bits per heavy atom. The molecule has 1 aromatic heterocycles. The number of rotatable bonds is 7. The van der Waals surface area contributed by atoms with Crippen molar-refractivity contribution in [1.29, 1.82) is 0 Å². The molecule has 0 saturated heterocycles. The van der Waals surface area contributed by atoms with Crippen molar-refractivity contribution in [2.45, 2.75) is 6.54 Å². The van der Waals surface area contributed by atoms with Crippen LogP contribution in [-0.4, -0.2) is 29.9 Å². The molecule has 8 heteroatoms. The van der Waals surface area contributed by atoms with Crippen LogP contribution in [-0.2, 0) is 6.54 Å². The Morgan fingerprint density at radius 3 is 2.43 bits per heavy atom. The standard InChI is InChI=1S/C20H18N3O5/c1-27-16-7-8-17(20(11-16)28-2)18-9-10-22(13-21-18)12-19(24)14-3-5-15(6-4-14)23(25)26/h3-11,13H,12H2,1-2H3/q+1. The molecule has 0 amide bonds. The third kappa shape index (κ3) is 4.12. The lowest BCUT2D eigenvalue weighted by atomic mass is 10.1. The highest BCUT2D eigenvalue weighted by Gasteiger charge is 2.16. The predicted molar refractivity (Wildman–Crippen MR) is 100 cm³/mol. The maximum absolute atomic E-state index is 12.4. The number of aromatic nitrogens is 2. The molecule has 28 heavy (non-hydrogen) atoms. The molecule has 0 fully saturated rings. The minimum atomic E-state index is -0.501. The molecule has 3 rings (SSSR count). The molecule has 3 aromatic rings. The van der Waals surface area contributed by atoms with E-state index in [4.69, 9.17) is 9.47 Å². The molecule has 0 unspecified atom stereocenters. The number of hydrogen-bond donors (Lipinski definition) is 0. The lowest BCUT2D eigenvalue weighted by Gasteiger charge is -2.08. The molecule has 0 N–H and O–H groups in total. The van der Waals surface area contributed by atoms with Gasteiger partial charge in [-0.1, -0.05) is 0 Å². The number of ether oxygens (including phenoxy) is 2. The summed E-state index contributed by atoms with van der Waals surface area (Å²) in [4.78, 5) is 27.0. The van der Waals surface area contributed by atoms with E-state index in [9.17, 15) is 14.9 Å². The lowest BCUT2D eigenvalue weighted by molar-refractivity contribution is -0.686. The van der Waals surface area contributed by atoms with Gasteiger partial charge in [0.15, 0.2) is 12.2 Å². The maximum Gasteiger partial charge on any atom is 0.287 e. The third-order valence-electron chi connectivity index (χ3n) is 4.18. The van der Waals surface area contributed by atoms with Gasteiger partial charge < -0.3 is 9.47 Å². The molecular weight excluding hydrogens is 362 g/mol. The summed E-state index contributed by atoms with van der Waals surface area (Å²) in [5.74, 6) is 1.14. The Balaban J connectivity index is 1.76. The number of carbonyl (C=O) groups is 1. The van der Waals surface area contributed by atoms with Gasteiger partial charge in [-0.2, -0.15) is 0 Å². The molecule has 0 aliphatic carbocycles. The van der Waals surface area contributed by atoms with E-state index < -0.39 is 4.92 Å². The number of benzene rings is 2. The number of nitrogens with zero attached hydrogens (tertiary/aromatic N) is 3. The summed E-state index contributed by atoms with van der Waals surface area (Å²) < 4.78 is 12.2. The highest BCUT2D eigenvalue weighted by atomic mass is 16.6. The number of nitro benzene ring substituents is 1. The number of ketones is 1. The number of methoxy groups -OCH3 is 2. The summed E-state index contributed by atoms with van der Waals surface area (Å²) in [5, 5.41) is 10.7. The average molecular weight is 380 g/mol. The van der Waals surface area contributed by atoms with Crippen LogP contribution in [0.4, 0.5) is 5.69 Å². The van der Waals surface area contributed by atoms with Crippen LogP contribution in [0.3, 0.4) is 0 Å². The van der Waals surface area contributed by atoms with Gasteiger partial charge in [-0.15, -0.1) is 0 Å². The molecule has 8 nitrogen and oxygen atoms in total. The van der Waals surface area contributed by atoms with Gasteiger partial charge in [-0.05, 0) is 29.2 Å². The Bertz CT molecular complexity index is 1000. The Labute approximate surface area is 161 Å². The van der Waals surface area contributed by atoms with Gasteiger partial charge in [0.2, 0.25) is 5.78 Å². The predicted octanol–water partition coefficient (Wildman–Crippen LogP) is 2.84. The lowest BCUT2D eigenvalue weighted by Crippen LogP contribution is -2.37. The zero-order chi connectivity index (χ0) is 20.1. The monoisotopic (exact) mass is 380 g/mol. The van der Waals surface area contributed by atoms with E-state index in [1.807, 2.05) is 12.1 Å². The molecule has 2 aromatic carbocycles. The average Bonchev–Trinajstić information content (AvgIpc) is 2.73. The van der Waals surface area contributed by atoms with Crippen molar-refractivity contribution in [3.05, 3.63) is 76.7 Å². The number of non-ortho nitro benzene ring substituents is 1. The Kier molecular flexibility index (Phi) is 5.59. The van der Waals surface area contributed by atoms with E-state index in [-0.39, 0.29) is 18.0 Å². The van der Waals surface area contributed by atoms with E-state index in [0.717, 1.165) is 5.56 Å². The second kappa shape index (κ2) is 8.26. The third-order valence-corrected chi connectivity index (χ3v) is 4.18. The van der Waals surface area contributed by atoms with Gasteiger partial charge in [-0.25, -0.2) is 4.57 Å². The SMILES string of the molecule is COc1ccc(-c2cc[n+](CC(=O)c3ccc([N+](=O)[O-])cc3)cn2)c(OC)c1. The fraction of sp³-hybridized carbons (Fsp3) is 0.150. The van der Waals surface area contributed by atoms with Crippen LogP contribution in [0.5, 0.6) is 11.5 Å². The molecule has 0 radical (unpaired) electrons. The topological polar surface area (TPSA) is 95.4 Å². The van der Waals surface area contributed by atoms with E-state index in [0.29, 0.717) is 22.8 Å². The summed E-state index contributed by atoms with van der Waals surface area (Å²) in [6.45, 7) is 0.0742. The Morgan fingerprint density at radius 1 is 1.11 bits per heavy atom. The fourth-order valence-corrected chi connectivity index (χ4v) is 2.67. The molecule has 0 spiro atoms. The number of hydrogen-bond acceptors (Lipinski definition) is 6. The second-order valence-corrected chi connectivity index (χ2v) is 5.91. The smallest absolute Gasteiger partial charge is 0.287 e. The molecule has 1 heterocycles. The molecule has 0 bridgehead atoms. The summed E-state index contributed by atoms with van der Waals surface area (Å²) in [7, 11) is 3.16. The normalized spacial score (nSPS) is 10.4. The number of nitro groups is 1. The van der Waals surface area contributed by atoms with Crippen LogP contribution in [0, 0.1) is 10.1 Å². The highest BCUT2D eigenvalue weighted by Crippen LogP contribution is 2.31. The molecular formula is C20H18N3O5+. The van der Waals surface area contributed by atoms with E-state index in [2.05, 4.69) is 4.98 Å². The van der Waals surface area contributed by atoms with Crippen LogP contribution >= 0.6 is 0 Å². The first-order valence-electron chi connectivity index (χ1n) is 8.37. The van der Waals surface area contributed by atoms with Crippen molar-refractivity contribution in [1.82, 2.24) is 4.98 Å². The summed E-state index contributed by atoms with van der Waals surface area (Å²) in [6, 6.07) is 12.8. The first kappa shape index (κ1) is 19.0. The second-order valence-electron chi connectivity index (χ2n) is 5.91. The quantitative estimate of drug-likeness (QED) is 0.271. The van der Waals surface area contributed by atoms with Crippen molar-refractivity contribution < 1.29 is 23.8 Å².